The van der Waals surface area contributed by atoms with Crippen LogP contribution < -0.4 is 10.3 Å². The minimum absolute atomic E-state index is 0.00543. The number of aromatic nitrogens is 2. The summed E-state index contributed by atoms with van der Waals surface area (Å²) in [6.45, 7) is 0.258. The van der Waals surface area contributed by atoms with Gasteiger partial charge in [0.25, 0.3) is 11.5 Å². The van der Waals surface area contributed by atoms with Crippen molar-refractivity contribution in [1.82, 2.24) is 14.9 Å². The number of aliphatic hydroxyl groups excluding tert-OH is 1. The van der Waals surface area contributed by atoms with Gasteiger partial charge in [-0.15, -0.1) is 13.2 Å². The summed E-state index contributed by atoms with van der Waals surface area (Å²) in [4.78, 5) is 35.6. The van der Waals surface area contributed by atoms with Crippen molar-refractivity contribution in [2.75, 3.05) is 6.54 Å². The molecule has 0 unspecified atom stereocenters. The third-order valence-corrected chi connectivity index (χ3v) is 8.03. The van der Waals surface area contributed by atoms with E-state index in [-0.39, 0.29) is 35.4 Å². The largest absolute Gasteiger partial charge is 0.573 e. The second-order valence-electron chi connectivity index (χ2n) is 10.5. The van der Waals surface area contributed by atoms with Crippen LogP contribution in [-0.2, 0) is 23.2 Å². The number of alkyl halides is 3. The number of aromatic amines is 1. The van der Waals surface area contributed by atoms with Gasteiger partial charge in [0.2, 0.25) is 0 Å². The number of halogens is 4. The molecule has 2 N–H and O–H groups in total. The lowest BCUT2D eigenvalue weighted by Crippen LogP contribution is -2.42. The zero-order valence-electron chi connectivity index (χ0n) is 22.1. The molecule has 1 amide bonds. The Morgan fingerprint density at radius 2 is 1.76 bits per heavy atom. The van der Waals surface area contributed by atoms with Crippen LogP contribution in [0.1, 0.15) is 47.2 Å². The van der Waals surface area contributed by atoms with Crippen LogP contribution in [-0.4, -0.2) is 38.8 Å². The summed E-state index contributed by atoms with van der Waals surface area (Å²) in [5.41, 5.74) is 2.49. The van der Waals surface area contributed by atoms with E-state index in [0.717, 1.165) is 18.4 Å². The highest BCUT2D eigenvalue weighted by Crippen LogP contribution is 2.52. The molecule has 0 spiro atoms. The Labute approximate surface area is 243 Å². The van der Waals surface area contributed by atoms with Gasteiger partial charge in [-0.05, 0) is 65.4 Å². The number of rotatable bonds is 6. The number of H-pyrrole nitrogens is 1. The number of fused-ring (bicyclic) bond motifs is 1. The van der Waals surface area contributed by atoms with Crippen LogP contribution in [0.4, 0.5) is 13.2 Å². The Bertz CT molecular complexity index is 1740. The van der Waals surface area contributed by atoms with Crippen LogP contribution in [0.25, 0.3) is 11.1 Å². The number of hydrogen-bond acceptors (Lipinski definition) is 5. The minimum Gasteiger partial charge on any atom is -0.406 e. The molecule has 42 heavy (non-hydrogen) atoms. The summed E-state index contributed by atoms with van der Waals surface area (Å²) >= 11 is 6.20. The molecule has 0 saturated heterocycles. The van der Waals surface area contributed by atoms with Crippen LogP contribution >= 0.6 is 11.6 Å². The van der Waals surface area contributed by atoms with Gasteiger partial charge >= 0.3 is 6.36 Å². The lowest BCUT2D eigenvalue weighted by Gasteiger charge is -2.30. The van der Waals surface area contributed by atoms with E-state index < -0.39 is 18.4 Å². The van der Waals surface area contributed by atoms with E-state index in [1.165, 1.54) is 23.1 Å². The number of carbonyl (C=O) groups is 1. The number of aliphatic hydroxyl groups is 1. The van der Waals surface area contributed by atoms with Crippen molar-refractivity contribution in [3.63, 3.8) is 0 Å². The molecular weight excluding hydrogens is 571 g/mol. The molecule has 11 heteroatoms. The molecule has 4 aromatic rings. The summed E-state index contributed by atoms with van der Waals surface area (Å²) in [7, 11) is 0. The fourth-order valence-electron chi connectivity index (χ4n) is 5.49. The predicted molar refractivity (Wildman–Crippen MR) is 149 cm³/mol. The zero-order chi connectivity index (χ0) is 29.6. The molecule has 1 fully saturated rings. The maximum Gasteiger partial charge on any atom is 0.573 e. The first-order valence-corrected chi connectivity index (χ1v) is 13.7. The van der Waals surface area contributed by atoms with Crippen LogP contribution in [0.2, 0.25) is 5.02 Å². The first-order valence-electron chi connectivity index (χ1n) is 13.3. The Kier molecular flexibility index (Phi) is 7.06. The topological polar surface area (TPSA) is 95.5 Å². The molecule has 2 aliphatic rings. The lowest BCUT2D eigenvalue weighted by molar-refractivity contribution is -0.274. The van der Waals surface area contributed by atoms with Crippen molar-refractivity contribution >= 4 is 17.5 Å². The molecule has 7 nitrogen and oxygen atoms in total. The van der Waals surface area contributed by atoms with Crippen LogP contribution in [0.15, 0.2) is 77.6 Å². The normalized spacial score (nSPS) is 16.5. The Morgan fingerprint density at radius 1 is 1.05 bits per heavy atom. The molecule has 6 rings (SSSR count). The molecule has 1 saturated carbocycles. The highest BCUT2D eigenvalue weighted by molar-refractivity contribution is 6.30. The van der Waals surface area contributed by atoms with E-state index in [4.69, 9.17) is 16.6 Å². The number of ether oxygens (including phenoxy) is 1. The Morgan fingerprint density at radius 3 is 2.48 bits per heavy atom. The van der Waals surface area contributed by atoms with Gasteiger partial charge in [0, 0.05) is 18.0 Å². The SMILES string of the molecule is O=C([C@H](O)c1cccc(-c2cccc(OC(F)(F)F)c2)c1)N1CCc2nc(C3(c4cccc(Cl)c4)CC3)[nH]c(=O)c2C1. The monoisotopic (exact) mass is 595 g/mol. The summed E-state index contributed by atoms with van der Waals surface area (Å²) in [6, 6.07) is 19.3. The van der Waals surface area contributed by atoms with Crippen LogP contribution in [0.3, 0.4) is 0 Å². The maximum atomic E-state index is 13.3. The molecule has 2 heterocycles. The van der Waals surface area contributed by atoms with Crippen LogP contribution in [0.5, 0.6) is 5.75 Å². The number of carbonyl (C=O) groups excluding carboxylic acids is 1. The molecule has 1 atom stereocenters. The maximum absolute atomic E-state index is 13.3. The van der Waals surface area contributed by atoms with Gasteiger partial charge in [-0.2, -0.15) is 0 Å². The zero-order valence-corrected chi connectivity index (χ0v) is 22.9. The second-order valence-corrected chi connectivity index (χ2v) is 11.0. The van der Waals surface area contributed by atoms with Crippen molar-refractivity contribution < 1.29 is 27.8 Å². The fourth-order valence-corrected chi connectivity index (χ4v) is 5.68. The lowest BCUT2D eigenvalue weighted by atomic mass is 9.94. The van der Waals surface area contributed by atoms with E-state index in [1.54, 1.807) is 36.4 Å². The van der Waals surface area contributed by atoms with Gasteiger partial charge in [0.1, 0.15) is 11.6 Å². The Balaban J connectivity index is 1.20. The smallest absolute Gasteiger partial charge is 0.406 e. The first-order chi connectivity index (χ1) is 20.0. The third-order valence-electron chi connectivity index (χ3n) is 7.80. The summed E-state index contributed by atoms with van der Waals surface area (Å²) in [5.74, 6) is -0.376. The molecule has 1 aliphatic carbocycles. The van der Waals surface area contributed by atoms with E-state index in [2.05, 4.69) is 9.72 Å². The molecule has 1 aliphatic heterocycles. The average Bonchev–Trinajstić information content (AvgIpc) is 3.78. The summed E-state index contributed by atoms with van der Waals surface area (Å²) in [6.07, 6.45) is -4.34. The van der Waals surface area contributed by atoms with Gasteiger partial charge in [0.05, 0.1) is 23.2 Å². The highest BCUT2D eigenvalue weighted by atomic mass is 35.5. The molecule has 216 valence electrons. The summed E-state index contributed by atoms with van der Waals surface area (Å²) < 4.78 is 42.0. The first kappa shape index (κ1) is 28.0. The molecule has 0 radical (unpaired) electrons. The standard InChI is InChI=1S/C31H25ClF3N3O4/c32-22-8-3-7-21(16-22)30(11-12-30)29-36-25-10-13-38(17-24(25)27(40)37-29)28(41)26(39)20-6-1-4-18(14-20)19-5-2-9-23(15-19)42-31(33,34)35/h1-9,14-16,26,39H,10-13,17H2,(H,36,37,40)/t26-/m1/s1. The third kappa shape index (κ3) is 5.52. The molecular formula is C31H25ClF3N3O4. The van der Waals surface area contributed by atoms with Crippen molar-refractivity contribution in [2.45, 2.75) is 43.7 Å². The van der Waals surface area contributed by atoms with Gasteiger partial charge in [-0.3, -0.25) is 9.59 Å². The van der Waals surface area contributed by atoms with Crippen molar-refractivity contribution in [1.29, 1.82) is 0 Å². The van der Waals surface area contributed by atoms with Crippen molar-refractivity contribution in [3.8, 4) is 16.9 Å². The van der Waals surface area contributed by atoms with Gasteiger partial charge < -0.3 is 19.7 Å². The summed E-state index contributed by atoms with van der Waals surface area (Å²) in [5, 5.41) is 11.6. The Hall–Kier alpha value is -4.15. The van der Waals surface area contributed by atoms with Crippen LogP contribution in [0, 0.1) is 0 Å². The van der Waals surface area contributed by atoms with E-state index in [9.17, 15) is 27.9 Å². The van der Waals surface area contributed by atoms with Crippen molar-refractivity contribution in [3.05, 3.63) is 116 Å². The number of hydrogen-bond donors (Lipinski definition) is 2. The molecule has 1 aromatic heterocycles. The van der Waals surface area contributed by atoms with E-state index in [1.807, 2.05) is 18.2 Å². The number of nitrogens with one attached hydrogen (secondary N) is 1. The van der Waals surface area contributed by atoms with E-state index in [0.29, 0.717) is 39.7 Å². The van der Waals surface area contributed by atoms with Gasteiger partial charge in [-0.25, -0.2) is 4.98 Å². The van der Waals surface area contributed by atoms with Gasteiger partial charge in [-0.1, -0.05) is 54.1 Å². The fraction of sp³-hybridized carbons (Fsp3) is 0.258. The quantitative estimate of drug-likeness (QED) is 0.299. The highest BCUT2D eigenvalue weighted by Gasteiger charge is 2.49. The predicted octanol–water partition coefficient (Wildman–Crippen LogP) is 5.69. The molecule has 0 bridgehead atoms. The van der Waals surface area contributed by atoms with Crippen molar-refractivity contribution in [2.24, 2.45) is 0 Å². The van der Waals surface area contributed by atoms with E-state index >= 15 is 0 Å². The minimum atomic E-state index is -4.83. The number of amides is 1. The second kappa shape index (κ2) is 10.6. The number of benzene rings is 3. The molecule has 3 aromatic carbocycles. The van der Waals surface area contributed by atoms with Gasteiger partial charge in [0.15, 0.2) is 6.10 Å². The number of nitrogens with zero attached hydrogens (tertiary/aromatic N) is 2. The average molecular weight is 596 g/mol.